The summed E-state index contributed by atoms with van der Waals surface area (Å²) in [4.78, 5) is 3.69. The Hall–Kier alpha value is -1.06. The molecule has 0 fully saturated rings. The molecule has 0 bridgehead atoms. The van der Waals surface area contributed by atoms with Gasteiger partial charge in [0.2, 0.25) is 0 Å². The van der Waals surface area contributed by atoms with E-state index in [9.17, 15) is 0 Å². The minimum Gasteiger partial charge on any atom is -0.412 e. The molecule has 0 saturated heterocycles. The molecule has 52 valence electrons. The van der Waals surface area contributed by atoms with E-state index >= 15 is 0 Å². The Balaban J connectivity index is 3.71. The van der Waals surface area contributed by atoms with Crippen molar-refractivity contribution in [3.05, 3.63) is 0 Å². The summed E-state index contributed by atoms with van der Waals surface area (Å²) in [7, 11) is 3.28. The maximum absolute atomic E-state index is 6.89. The van der Waals surface area contributed by atoms with E-state index in [0.29, 0.717) is 6.02 Å². The molecule has 0 aromatic carbocycles. The van der Waals surface area contributed by atoms with E-state index in [1.54, 1.807) is 21.0 Å². The van der Waals surface area contributed by atoms with Crippen LogP contribution < -0.4 is 5.32 Å². The highest BCUT2D eigenvalue weighted by Crippen LogP contribution is 1.77. The van der Waals surface area contributed by atoms with Gasteiger partial charge < -0.3 is 10.1 Å². The Morgan fingerprint density at radius 2 is 2.22 bits per heavy atom. The van der Waals surface area contributed by atoms with Gasteiger partial charge >= 0.3 is 0 Å². The fraction of sp³-hybridized carbons (Fsp3) is 0.600. The van der Waals surface area contributed by atoms with Crippen molar-refractivity contribution in [3.63, 3.8) is 0 Å². The van der Waals surface area contributed by atoms with E-state index in [0.717, 1.165) is 0 Å². The normalized spacial score (nSPS) is 10.8. The summed E-state index contributed by atoms with van der Waals surface area (Å²) >= 11 is 0. The summed E-state index contributed by atoms with van der Waals surface area (Å²) in [5.41, 5.74) is 0. The number of ether oxygens (including phenoxy) is 1. The van der Waals surface area contributed by atoms with Crippen molar-refractivity contribution in [2.24, 2.45) is 4.99 Å². The van der Waals surface area contributed by atoms with Gasteiger partial charge in [0.15, 0.2) is 5.90 Å². The van der Waals surface area contributed by atoms with Gasteiger partial charge in [0.05, 0.1) is 0 Å². The van der Waals surface area contributed by atoms with Gasteiger partial charge in [-0.25, -0.2) is 4.99 Å². The van der Waals surface area contributed by atoms with Crippen molar-refractivity contribution >= 4 is 11.9 Å². The van der Waals surface area contributed by atoms with Crippen LogP contribution in [0.1, 0.15) is 6.92 Å². The molecule has 0 radical (unpaired) electrons. The maximum atomic E-state index is 6.89. The topological polar surface area (TPSA) is 57.5 Å². The van der Waals surface area contributed by atoms with Crippen molar-refractivity contribution in [1.82, 2.24) is 5.32 Å². The van der Waals surface area contributed by atoms with Crippen LogP contribution in [0.4, 0.5) is 0 Å². The zero-order chi connectivity index (χ0) is 7.28. The van der Waals surface area contributed by atoms with E-state index in [2.05, 4.69) is 10.3 Å². The largest absolute Gasteiger partial charge is 0.412 e. The van der Waals surface area contributed by atoms with Gasteiger partial charge in [0.25, 0.3) is 6.02 Å². The van der Waals surface area contributed by atoms with Gasteiger partial charge in [-0.15, -0.1) is 0 Å². The van der Waals surface area contributed by atoms with Crippen molar-refractivity contribution in [2.45, 2.75) is 6.92 Å². The zero-order valence-corrected chi connectivity index (χ0v) is 5.86. The molecule has 0 aliphatic heterocycles. The highest BCUT2D eigenvalue weighted by atomic mass is 16.5. The van der Waals surface area contributed by atoms with Crippen LogP contribution in [-0.4, -0.2) is 26.0 Å². The molecule has 0 heterocycles. The van der Waals surface area contributed by atoms with Crippen molar-refractivity contribution in [1.29, 1.82) is 5.41 Å². The fourth-order valence-electron chi connectivity index (χ4n) is 0.353. The standard InChI is InChI=1S/C5H11N3O/c1-4(6)9-5(7-2)8-3/h6H,1-3H3,(H,7,8). The average Bonchev–Trinajstić information content (AvgIpc) is 1.82. The van der Waals surface area contributed by atoms with Crippen LogP contribution in [0, 0.1) is 5.41 Å². The molecular weight excluding hydrogens is 118 g/mol. The average molecular weight is 129 g/mol. The van der Waals surface area contributed by atoms with Crippen LogP contribution in [0.25, 0.3) is 0 Å². The molecular formula is C5H11N3O. The van der Waals surface area contributed by atoms with Gasteiger partial charge in [-0.1, -0.05) is 0 Å². The third-order valence-electron chi connectivity index (χ3n) is 0.667. The Morgan fingerprint density at radius 1 is 1.67 bits per heavy atom. The number of rotatable bonds is 0. The molecule has 0 aliphatic rings. The summed E-state index contributed by atoms with van der Waals surface area (Å²) in [6.07, 6.45) is 0. The molecule has 0 atom stereocenters. The van der Waals surface area contributed by atoms with Gasteiger partial charge in [-0.05, 0) is 0 Å². The van der Waals surface area contributed by atoms with E-state index in [-0.39, 0.29) is 5.90 Å². The quantitative estimate of drug-likeness (QED) is 0.362. The Kier molecular flexibility index (Phi) is 3.43. The van der Waals surface area contributed by atoms with Crippen LogP contribution >= 0.6 is 0 Å². The third kappa shape index (κ3) is 3.52. The number of nitrogens with zero attached hydrogens (tertiary/aromatic N) is 1. The highest BCUT2D eigenvalue weighted by Gasteiger charge is 1.93. The van der Waals surface area contributed by atoms with E-state index in [1.807, 2.05) is 0 Å². The van der Waals surface area contributed by atoms with Crippen LogP contribution in [0.5, 0.6) is 0 Å². The molecule has 4 heteroatoms. The van der Waals surface area contributed by atoms with Crippen molar-refractivity contribution in [3.8, 4) is 0 Å². The van der Waals surface area contributed by atoms with Gasteiger partial charge in [-0.2, -0.15) is 0 Å². The van der Waals surface area contributed by atoms with Gasteiger partial charge in [0.1, 0.15) is 0 Å². The number of nitrogens with one attached hydrogen (secondary N) is 2. The third-order valence-corrected chi connectivity index (χ3v) is 0.667. The van der Waals surface area contributed by atoms with Crippen LogP contribution in [0.3, 0.4) is 0 Å². The second-order valence-corrected chi connectivity index (χ2v) is 1.44. The smallest absolute Gasteiger partial charge is 0.290 e. The molecule has 2 N–H and O–H groups in total. The highest BCUT2D eigenvalue weighted by molar-refractivity contribution is 5.87. The van der Waals surface area contributed by atoms with Crippen molar-refractivity contribution in [2.75, 3.05) is 14.1 Å². The summed E-state index contributed by atoms with van der Waals surface area (Å²) in [5.74, 6) is 0.130. The molecule has 0 spiro atoms. The number of aliphatic imine (C=N–C) groups is 1. The lowest BCUT2D eigenvalue weighted by Crippen LogP contribution is -2.23. The molecule has 0 unspecified atom stereocenters. The van der Waals surface area contributed by atoms with Crippen LogP contribution in [0.15, 0.2) is 4.99 Å². The van der Waals surface area contributed by atoms with E-state index in [1.165, 1.54) is 0 Å². The first-order valence-electron chi connectivity index (χ1n) is 2.58. The predicted octanol–water partition coefficient (Wildman–Crippen LogP) is 0.205. The summed E-state index contributed by atoms with van der Waals surface area (Å²) in [5, 5.41) is 9.56. The van der Waals surface area contributed by atoms with Gasteiger partial charge in [-0.3, -0.25) is 5.41 Å². The molecule has 0 amide bonds. The molecule has 0 saturated carbocycles. The summed E-state index contributed by atoms with van der Waals surface area (Å²) in [6, 6.07) is 0.363. The number of hydrogen-bond acceptors (Lipinski definition) is 3. The first kappa shape index (κ1) is 7.94. The van der Waals surface area contributed by atoms with E-state index < -0.39 is 0 Å². The molecule has 0 aliphatic carbocycles. The molecule has 0 aromatic rings. The van der Waals surface area contributed by atoms with E-state index in [4.69, 9.17) is 10.1 Å². The summed E-state index contributed by atoms with van der Waals surface area (Å²) < 4.78 is 4.77. The first-order chi connectivity index (χ1) is 4.20. The number of amidine groups is 1. The molecule has 9 heavy (non-hydrogen) atoms. The van der Waals surface area contributed by atoms with Crippen LogP contribution in [0.2, 0.25) is 0 Å². The monoisotopic (exact) mass is 129 g/mol. The lowest BCUT2D eigenvalue weighted by Gasteiger charge is -2.02. The minimum absolute atomic E-state index is 0.130. The maximum Gasteiger partial charge on any atom is 0.290 e. The SMILES string of the molecule is CN=C(NC)OC(C)=N. The lowest BCUT2D eigenvalue weighted by atomic mass is 10.8. The summed E-state index contributed by atoms with van der Waals surface area (Å²) in [6.45, 7) is 1.54. The molecule has 4 nitrogen and oxygen atoms in total. The Labute approximate surface area is 54.4 Å². The van der Waals surface area contributed by atoms with Gasteiger partial charge in [0, 0.05) is 21.0 Å². The Bertz CT molecular complexity index is 130. The second kappa shape index (κ2) is 3.88. The lowest BCUT2D eigenvalue weighted by molar-refractivity contribution is 0.509. The molecule has 0 rings (SSSR count). The predicted molar refractivity (Wildman–Crippen MR) is 36.9 cm³/mol. The Morgan fingerprint density at radius 3 is 2.33 bits per heavy atom. The first-order valence-corrected chi connectivity index (χ1v) is 2.58. The fourth-order valence-corrected chi connectivity index (χ4v) is 0.353. The van der Waals surface area contributed by atoms with Crippen LogP contribution in [-0.2, 0) is 4.74 Å². The second-order valence-electron chi connectivity index (χ2n) is 1.44. The number of hydrogen-bond donors (Lipinski definition) is 2. The molecule has 0 aromatic heterocycles. The zero-order valence-electron chi connectivity index (χ0n) is 5.86. The minimum atomic E-state index is 0.130. The van der Waals surface area contributed by atoms with Crippen molar-refractivity contribution < 1.29 is 4.74 Å².